The fourth-order valence-electron chi connectivity index (χ4n) is 2.40. The molecule has 2 aromatic rings. The number of fused-ring (bicyclic) bond motifs is 1. The van der Waals surface area contributed by atoms with Crippen molar-refractivity contribution in [3.63, 3.8) is 0 Å². The van der Waals surface area contributed by atoms with Crippen LogP contribution in [0.5, 0.6) is 5.75 Å². The van der Waals surface area contributed by atoms with Gasteiger partial charge < -0.3 is 15.0 Å². The standard InChI is InChI=1S/C16H20N4O/c1-2-17-10-13-11-19-16(12-18-13)20-8-5-9-21-15-7-4-3-6-14(15)20/h3-4,6-7,11-12,17H,2,5,8-10H2,1H3. The van der Waals surface area contributed by atoms with Crippen molar-refractivity contribution in [1.82, 2.24) is 15.3 Å². The fourth-order valence-corrected chi connectivity index (χ4v) is 2.40. The van der Waals surface area contributed by atoms with Gasteiger partial charge in [-0.05, 0) is 25.1 Å². The lowest BCUT2D eigenvalue weighted by atomic mass is 10.2. The Bertz CT molecular complexity index is 585. The van der Waals surface area contributed by atoms with E-state index < -0.39 is 0 Å². The smallest absolute Gasteiger partial charge is 0.151 e. The number of hydrogen-bond acceptors (Lipinski definition) is 5. The molecule has 0 saturated carbocycles. The van der Waals surface area contributed by atoms with Crippen molar-refractivity contribution in [2.75, 3.05) is 24.6 Å². The number of nitrogens with one attached hydrogen (secondary N) is 1. The number of hydrogen-bond donors (Lipinski definition) is 1. The molecule has 2 heterocycles. The van der Waals surface area contributed by atoms with Gasteiger partial charge in [0.1, 0.15) is 5.75 Å². The molecule has 0 spiro atoms. The van der Waals surface area contributed by atoms with Gasteiger partial charge in [-0.1, -0.05) is 19.1 Å². The topological polar surface area (TPSA) is 50.3 Å². The van der Waals surface area contributed by atoms with Gasteiger partial charge in [0.15, 0.2) is 5.82 Å². The van der Waals surface area contributed by atoms with Crippen molar-refractivity contribution in [2.24, 2.45) is 0 Å². The molecule has 0 fully saturated rings. The molecule has 3 rings (SSSR count). The van der Waals surface area contributed by atoms with E-state index in [1.54, 1.807) is 0 Å². The van der Waals surface area contributed by atoms with Crippen molar-refractivity contribution in [3.8, 4) is 5.75 Å². The highest BCUT2D eigenvalue weighted by Gasteiger charge is 2.18. The largest absolute Gasteiger partial charge is 0.491 e. The summed E-state index contributed by atoms with van der Waals surface area (Å²) in [6.07, 6.45) is 4.65. The molecule has 5 heteroatoms. The van der Waals surface area contributed by atoms with Crippen LogP contribution in [0.3, 0.4) is 0 Å². The number of rotatable bonds is 4. The quantitative estimate of drug-likeness (QED) is 0.935. The van der Waals surface area contributed by atoms with Crippen LogP contribution < -0.4 is 15.0 Å². The molecule has 0 aliphatic carbocycles. The first-order valence-electron chi connectivity index (χ1n) is 7.39. The maximum atomic E-state index is 5.78. The Kier molecular flexibility index (Phi) is 4.31. The van der Waals surface area contributed by atoms with Gasteiger partial charge >= 0.3 is 0 Å². The third kappa shape index (κ3) is 3.13. The molecule has 5 nitrogen and oxygen atoms in total. The van der Waals surface area contributed by atoms with E-state index in [0.29, 0.717) is 0 Å². The Balaban J connectivity index is 1.86. The Morgan fingerprint density at radius 3 is 2.95 bits per heavy atom. The molecule has 21 heavy (non-hydrogen) atoms. The minimum absolute atomic E-state index is 0.736. The van der Waals surface area contributed by atoms with Gasteiger partial charge in [-0.15, -0.1) is 0 Å². The van der Waals surface area contributed by atoms with E-state index in [0.717, 1.165) is 55.6 Å². The summed E-state index contributed by atoms with van der Waals surface area (Å²) in [7, 11) is 0. The van der Waals surface area contributed by atoms with E-state index in [-0.39, 0.29) is 0 Å². The number of benzene rings is 1. The lowest BCUT2D eigenvalue weighted by Crippen LogP contribution is -2.20. The molecule has 0 amide bonds. The van der Waals surface area contributed by atoms with Crippen LogP contribution in [0.25, 0.3) is 0 Å². The number of para-hydroxylation sites is 2. The maximum absolute atomic E-state index is 5.78. The van der Waals surface area contributed by atoms with E-state index in [4.69, 9.17) is 4.74 Å². The van der Waals surface area contributed by atoms with E-state index in [1.807, 2.05) is 30.6 Å². The minimum Gasteiger partial charge on any atom is -0.491 e. The summed E-state index contributed by atoms with van der Waals surface area (Å²) in [5.41, 5.74) is 2.02. The number of ether oxygens (including phenoxy) is 1. The molecule has 0 unspecified atom stereocenters. The molecule has 1 aromatic carbocycles. The van der Waals surface area contributed by atoms with Crippen LogP contribution in [0.15, 0.2) is 36.7 Å². The molecule has 0 atom stereocenters. The molecule has 110 valence electrons. The van der Waals surface area contributed by atoms with Crippen LogP contribution in [0.1, 0.15) is 19.0 Å². The summed E-state index contributed by atoms with van der Waals surface area (Å²) in [4.78, 5) is 11.2. The zero-order valence-electron chi connectivity index (χ0n) is 12.2. The van der Waals surface area contributed by atoms with Crippen molar-refractivity contribution >= 4 is 11.5 Å². The highest BCUT2D eigenvalue weighted by molar-refractivity contribution is 5.67. The van der Waals surface area contributed by atoms with E-state index >= 15 is 0 Å². The van der Waals surface area contributed by atoms with Crippen LogP contribution in [0.4, 0.5) is 11.5 Å². The molecule has 0 bridgehead atoms. The van der Waals surface area contributed by atoms with Crippen molar-refractivity contribution in [3.05, 3.63) is 42.4 Å². The third-order valence-electron chi connectivity index (χ3n) is 3.46. The summed E-state index contributed by atoms with van der Waals surface area (Å²) in [5.74, 6) is 1.78. The van der Waals surface area contributed by atoms with Gasteiger partial charge in [0.05, 0.1) is 30.4 Å². The fraction of sp³-hybridized carbons (Fsp3) is 0.375. The maximum Gasteiger partial charge on any atom is 0.151 e. The second-order valence-corrected chi connectivity index (χ2v) is 4.97. The SMILES string of the molecule is CCNCc1cnc(N2CCCOc3ccccc32)cn1. The van der Waals surface area contributed by atoms with Gasteiger partial charge in [0.25, 0.3) is 0 Å². The summed E-state index contributed by atoms with van der Waals surface area (Å²) in [5, 5.41) is 3.25. The average Bonchev–Trinajstić information content (AvgIpc) is 2.76. The molecule has 1 aromatic heterocycles. The summed E-state index contributed by atoms with van der Waals surface area (Å²) in [6.45, 7) is 5.39. The van der Waals surface area contributed by atoms with E-state index in [2.05, 4.69) is 33.2 Å². The van der Waals surface area contributed by atoms with Gasteiger partial charge in [-0.3, -0.25) is 4.98 Å². The van der Waals surface area contributed by atoms with Crippen LogP contribution in [-0.4, -0.2) is 29.7 Å². The normalized spacial score (nSPS) is 14.2. The first kappa shape index (κ1) is 13.8. The molecular weight excluding hydrogens is 264 g/mol. The first-order chi connectivity index (χ1) is 10.4. The molecular formula is C16H20N4O. The lowest BCUT2D eigenvalue weighted by molar-refractivity contribution is 0.322. The van der Waals surface area contributed by atoms with Crippen LogP contribution in [0.2, 0.25) is 0 Å². The van der Waals surface area contributed by atoms with Gasteiger partial charge in [-0.2, -0.15) is 0 Å². The predicted octanol–water partition coefficient (Wildman–Crippen LogP) is 2.51. The highest BCUT2D eigenvalue weighted by Crippen LogP contribution is 2.34. The molecule has 1 aliphatic heterocycles. The molecule has 1 N–H and O–H groups in total. The number of nitrogens with zero attached hydrogens (tertiary/aromatic N) is 3. The Labute approximate surface area is 125 Å². The second-order valence-electron chi connectivity index (χ2n) is 4.97. The van der Waals surface area contributed by atoms with Gasteiger partial charge in [-0.25, -0.2) is 4.98 Å². The van der Waals surface area contributed by atoms with Crippen molar-refractivity contribution < 1.29 is 4.74 Å². The van der Waals surface area contributed by atoms with Crippen molar-refractivity contribution in [1.29, 1.82) is 0 Å². The highest BCUT2D eigenvalue weighted by atomic mass is 16.5. The minimum atomic E-state index is 0.736. The van der Waals surface area contributed by atoms with E-state index in [9.17, 15) is 0 Å². The third-order valence-corrected chi connectivity index (χ3v) is 3.46. The molecule has 0 saturated heterocycles. The van der Waals surface area contributed by atoms with Crippen molar-refractivity contribution in [2.45, 2.75) is 19.9 Å². The zero-order valence-corrected chi connectivity index (χ0v) is 12.2. The Hall–Kier alpha value is -2.14. The zero-order chi connectivity index (χ0) is 14.5. The average molecular weight is 284 g/mol. The van der Waals surface area contributed by atoms with Gasteiger partial charge in [0, 0.05) is 13.1 Å². The first-order valence-corrected chi connectivity index (χ1v) is 7.39. The number of anilines is 2. The van der Waals surface area contributed by atoms with Crippen LogP contribution in [0, 0.1) is 0 Å². The monoisotopic (exact) mass is 284 g/mol. The van der Waals surface area contributed by atoms with E-state index in [1.165, 1.54) is 0 Å². The van der Waals surface area contributed by atoms with Crippen LogP contribution in [-0.2, 0) is 6.54 Å². The Morgan fingerprint density at radius 1 is 1.24 bits per heavy atom. The summed E-state index contributed by atoms with van der Waals surface area (Å²) in [6, 6.07) is 8.08. The summed E-state index contributed by atoms with van der Waals surface area (Å²) < 4.78 is 5.78. The molecule has 1 aliphatic rings. The van der Waals surface area contributed by atoms with Gasteiger partial charge in [0.2, 0.25) is 0 Å². The summed E-state index contributed by atoms with van der Waals surface area (Å²) >= 11 is 0. The molecule has 0 radical (unpaired) electrons. The number of aromatic nitrogens is 2. The predicted molar refractivity (Wildman–Crippen MR) is 83.0 cm³/mol. The lowest BCUT2D eigenvalue weighted by Gasteiger charge is -2.22. The van der Waals surface area contributed by atoms with Crippen LogP contribution >= 0.6 is 0 Å². The second kappa shape index (κ2) is 6.54. The Morgan fingerprint density at radius 2 is 2.14 bits per heavy atom.